The van der Waals surface area contributed by atoms with Gasteiger partial charge in [-0.15, -0.1) is 0 Å². The molecule has 1 aliphatic rings. The van der Waals surface area contributed by atoms with Crippen molar-refractivity contribution in [3.05, 3.63) is 0 Å². The van der Waals surface area contributed by atoms with E-state index in [-0.39, 0.29) is 11.3 Å². The van der Waals surface area contributed by atoms with Crippen molar-refractivity contribution in [2.24, 2.45) is 11.1 Å². The third-order valence-corrected chi connectivity index (χ3v) is 4.31. The Labute approximate surface area is 111 Å². The van der Waals surface area contributed by atoms with Gasteiger partial charge in [0.05, 0.1) is 6.10 Å². The number of amides is 1. The van der Waals surface area contributed by atoms with Crippen molar-refractivity contribution in [2.75, 3.05) is 19.7 Å². The van der Waals surface area contributed by atoms with E-state index in [0.29, 0.717) is 25.6 Å². The number of hydrogen-bond donors (Lipinski definition) is 2. The molecule has 0 radical (unpaired) electrons. The van der Waals surface area contributed by atoms with Gasteiger partial charge in [-0.25, -0.2) is 0 Å². The van der Waals surface area contributed by atoms with Crippen LogP contribution in [0.25, 0.3) is 0 Å². The molecule has 0 aliphatic carbocycles. The highest BCUT2D eigenvalue weighted by atomic mass is 16.5. The van der Waals surface area contributed by atoms with Crippen molar-refractivity contribution in [1.82, 2.24) is 5.32 Å². The molecule has 1 atom stereocenters. The molecule has 106 valence electrons. The molecule has 1 aliphatic heterocycles. The van der Waals surface area contributed by atoms with Gasteiger partial charge in [-0.05, 0) is 44.1 Å². The minimum absolute atomic E-state index is 0.0690. The Bertz CT molecular complexity index is 238. The molecule has 0 aromatic heterocycles. The number of rotatable bonds is 8. The molecule has 1 rings (SSSR count). The second-order valence-electron chi connectivity index (χ2n) is 5.36. The summed E-state index contributed by atoms with van der Waals surface area (Å²) in [6.07, 6.45) is 5.96. The third kappa shape index (κ3) is 4.58. The predicted octanol–water partition coefficient (Wildman–Crippen LogP) is 1.83. The number of carbonyl (C=O) groups excluding carboxylic acids is 1. The highest BCUT2D eigenvalue weighted by Crippen LogP contribution is 2.23. The van der Waals surface area contributed by atoms with E-state index in [1.165, 1.54) is 0 Å². The molecule has 1 heterocycles. The summed E-state index contributed by atoms with van der Waals surface area (Å²) in [5.74, 6) is 0.130. The lowest BCUT2D eigenvalue weighted by Gasteiger charge is -2.30. The molecule has 0 aromatic carbocycles. The van der Waals surface area contributed by atoms with Crippen molar-refractivity contribution in [1.29, 1.82) is 0 Å². The highest BCUT2D eigenvalue weighted by Gasteiger charge is 2.25. The van der Waals surface area contributed by atoms with Gasteiger partial charge in [-0.2, -0.15) is 0 Å². The van der Waals surface area contributed by atoms with E-state index in [1.54, 1.807) is 0 Å². The maximum Gasteiger partial charge on any atom is 0.220 e. The van der Waals surface area contributed by atoms with E-state index in [9.17, 15) is 4.79 Å². The van der Waals surface area contributed by atoms with Crippen LogP contribution in [0, 0.1) is 5.41 Å². The fourth-order valence-corrected chi connectivity index (χ4v) is 2.40. The third-order valence-electron chi connectivity index (χ3n) is 4.31. The van der Waals surface area contributed by atoms with Gasteiger partial charge in [0.2, 0.25) is 5.91 Å². The maximum atomic E-state index is 11.8. The monoisotopic (exact) mass is 256 g/mol. The van der Waals surface area contributed by atoms with Crippen LogP contribution in [0.4, 0.5) is 0 Å². The molecule has 0 bridgehead atoms. The SMILES string of the molecule is CCC(CC)(CN)CNC(=O)CCC1CCCO1. The second-order valence-corrected chi connectivity index (χ2v) is 5.36. The highest BCUT2D eigenvalue weighted by molar-refractivity contribution is 5.75. The normalized spacial score (nSPS) is 20.1. The maximum absolute atomic E-state index is 11.8. The van der Waals surface area contributed by atoms with Gasteiger partial charge < -0.3 is 15.8 Å². The van der Waals surface area contributed by atoms with Crippen LogP contribution in [0.2, 0.25) is 0 Å². The summed E-state index contributed by atoms with van der Waals surface area (Å²) in [5.41, 5.74) is 5.89. The number of carbonyl (C=O) groups is 1. The van der Waals surface area contributed by atoms with E-state index in [4.69, 9.17) is 10.5 Å². The molecular weight excluding hydrogens is 228 g/mol. The Kier molecular flexibility index (Phi) is 6.65. The van der Waals surface area contributed by atoms with E-state index < -0.39 is 0 Å². The molecule has 1 unspecified atom stereocenters. The van der Waals surface area contributed by atoms with Crippen molar-refractivity contribution >= 4 is 5.91 Å². The number of nitrogens with two attached hydrogens (primary N) is 1. The van der Waals surface area contributed by atoms with E-state index in [1.807, 2.05) is 0 Å². The first-order chi connectivity index (χ1) is 8.65. The van der Waals surface area contributed by atoms with E-state index in [2.05, 4.69) is 19.2 Å². The molecule has 0 aromatic rings. The largest absolute Gasteiger partial charge is 0.378 e. The van der Waals surface area contributed by atoms with Crippen molar-refractivity contribution < 1.29 is 9.53 Å². The van der Waals surface area contributed by atoms with Gasteiger partial charge in [-0.1, -0.05) is 13.8 Å². The lowest BCUT2D eigenvalue weighted by molar-refractivity contribution is -0.122. The van der Waals surface area contributed by atoms with E-state index in [0.717, 1.165) is 38.7 Å². The van der Waals surface area contributed by atoms with Crippen LogP contribution in [0.3, 0.4) is 0 Å². The van der Waals surface area contributed by atoms with Crippen LogP contribution in [-0.2, 0) is 9.53 Å². The number of nitrogens with one attached hydrogen (secondary N) is 1. The van der Waals surface area contributed by atoms with Gasteiger partial charge in [-0.3, -0.25) is 4.79 Å². The van der Waals surface area contributed by atoms with Gasteiger partial charge in [0.25, 0.3) is 0 Å². The van der Waals surface area contributed by atoms with Crippen LogP contribution in [-0.4, -0.2) is 31.7 Å². The van der Waals surface area contributed by atoms with Crippen molar-refractivity contribution in [3.8, 4) is 0 Å². The Morgan fingerprint density at radius 3 is 2.67 bits per heavy atom. The lowest BCUT2D eigenvalue weighted by atomic mass is 9.82. The van der Waals surface area contributed by atoms with Crippen molar-refractivity contribution in [2.45, 2.75) is 58.5 Å². The molecule has 18 heavy (non-hydrogen) atoms. The molecule has 1 amide bonds. The van der Waals surface area contributed by atoms with Gasteiger partial charge in [0, 0.05) is 19.6 Å². The molecule has 1 fully saturated rings. The van der Waals surface area contributed by atoms with Crippen molar-refractivity contribution in [3.63, 3.8) is 0 Å². The molecule has 4 nitrogen and oxygen atoms in total. The quantitative estimate of drug-likeness (QED) is 0.696. The van der Waals surface area contributed by atoms with E-state index >= 15 is 0 Å². The molecule has 0 spiro atoms. The Hall–Kier alpha value is -0.610. The fraction of sp³-hybridized carbons (Fsp3) is 0.929. The first kappa shape index (κ1) is 15.4. The molecule has 4 heteroatoms. The summed E-state index contributed by atoms with van der Waals surface area (Å²) in [5, 5.41) is 3.03. The number of hydrogen-bond acceptors (Lipinski definition) is 3. The summed E-state index contributed by atoms with van der Waals surface area (Å²) >= 11 is 0. The fourth-order valence-electron chi connectivity index (χ4n) is 2.40. The summed E-state index contributed by atoms with van der Waals surface area (Å²) in [7, 11) is 0. The van der Waals surface area contributed by atoms with Crippen LogP contribution < -0.4 is 11.1 Å². The van der Waals surface area contributed by atoms with Crippen LogP contribution in [0.1, 0.15) is 52.4 Å². The average Bonchev–Trinajstić information content (AvgIpc) is 2.92. The van der Waals surface area contributed by atoms with Gasteiger partial charge in [0.15, 0.2) is 0 Å². The zero-order valence-electron chi connectivity index (χ0n) is 11.8. The minimum atomic E-state index is 0.0690. The van der Waals surface area contributed by atoms with Crippen LogP contribution in [0.15, 0.2) is 0 Å². The second kappa shape index (κ2) is 7.74. The predicted molar refractivity (Wildman–Crippen MR) is 73.3 cm³/mol. The minimum Gasteiger partial charge on any atom is -0.378 e. The Morgan fingerprint density at radius 2 is 2.17 bits per heavy atom. The topological polar surface area (TPSA) is 64.3 Å². The zero-order valence-corrected chi connectivity index (χ0v) is 11.8. The molecule has 0 saturated carbocycles. The first-order valence-corrected chi connectivity index (χ1v) is 7.24. The summed E-state index contributed by atoms with van der Waals surface area (Å²) in [6, 6.07) is 0. The number of ether oxygens (including phenoxy) is 1. The standard InChI is InChI=1S/C14H28N2O2/c1-3-14(4-2,10-15)11-16-13(17)8-7-12-6-5-9-18-12/h12H,3-11,15H2,1-2H3,(H,16,17). The smallest absolute Gasteiger partial charge is 0.220 e. The summed E-state index contributed by atoms with van der Waals surface area (Å²) in [6.45, 7) is 6.45. The summed E-state index contributed by atoms with van der Waals surface area (Å²) in [4.78, 5) is 11.8. The molecule has 1 saturated heterocycles. The zero-order chi connectivity index (χ0) is 13.4. The summed E-state index contributed by atoms with van der Waals surface area (Å²) < 4.78 is 5.51. The lowest BCUT2D eigenvalue weighted by Crippen LogP contribution is -2.41. The van der Waals surface area contributed by atoms with Gasteiger partial charge in [0.1, 0.15) is 0 Å². The molecular formula is C14H28N2O2. The van der Waals surface area contributed by atoms with Crippen LogP contribution in [0.5, 0.6) is 0 Å². The molecule has 3 N–H and O–H groups in total. The Morgan fingerprint density at radius 1 is 1.44 bits per heavy atom. The van der Waals surface area contributed by atoms with Crippen LogP contribution >= 0.6 is 0 Å². The first-order valence-electron chi connectivity index (χ1n) is 7.24. The van der Waals surface area contributed by atoms with Gasteiger partial charge >= 0.3 is 0 Å². The average molecular weight is 256 g/mol. The Balaban J connectivity index is 2.22.